The lowest BCUT2D eigenvalue weighted by molar-refractivity contribution is -0.334. The van der Waals surface area contributed by atoms with E-state index in [4.69, 9.17) is 37.9 Å². The molecule has 0 aromatic rings. The summed E-state index contributed by atoms with van der Waals surface area (Å²) in [5.74, 6) is -6.01. The van der Waals surface area contributed by atoms with E-state index in [0.29, 0.717) is 0 Å². The van der Waals surface area contributed by atoms with Gasteiger partial charge in [-0.2, -0.15) is 0 Å². The average Bonchev–Trinajstić information content (AvgIpc) is 2.91. The molecule has 4 N–H and O–H groups in total. The second-order valence-electron chi connectivity index (χ2n) is 10.5. The van der Waals surface area contributed by atoms with Crippen molar-refractivity contribution in [2.24, 2.45) is 0 Å². The fourth-order valence-electron chi connectivity index (χ4n) is 4.82. The van der Waals surface area contributed by atoms with Crippen LogP contribution in [0.25, 0.3) is 0 Å². The van der Waals surface area contributed by atoms with E-state index in [1.807, 2.05) is 0 Å². The van der Waals surface area contributed by atoms with Crippen LogP contribution in [0.3, 0.4) is 0 Å². The van der Waals surface area contributed by atoms with Gasteiger partial charge in [0.15, 0.2) is 30.9 Å². The number of hydrogen-bond acceptors (Lipinski definition) is 16. The first-order chi connectivity index (χ1) is 21.4. The van der Waals surface area contributed by atoms with Crippen molar-refractivity contribution in [2.75, 3.05) is 13.2 Å². The summed E-state index contributed by atoms with van der Waals surface area (Å²) in [5, 5.41) is 25.3. The second kappa shape index (κ2) is 17.1. The van der Waals surface area contributed by atoms with E-state index in [-0.39, 0.29) is 0 Å². The van der Waals surface area contributed by atoms with Crippen LogP contribution < -0.4 is 10.6 Å². The fraction of sp³-hybridized carbons (Fsp3) is 0.741. The summed E-state index contributed by atoms with van der Waals surface area (Å²) in [6.07, 6.45) is -13.9. The van der Waals surface area contributed by atoms with Gasteiger partial charge in [0, 0.05) is 41.5 Å². The zero-order chi connectivity index (χ0) is 34.9. The second-order valence-corrected chi connectivity index (χ2v) is 10.5. The summed E-state index contributed by atoms with van der Waals surface area (Å²) in [6, 6.07) is -2.92. The number of carboxylic acid groups (broad SMARTS) is 1. The number of carboxylic acids is 1. The van der Waals surface area contributed by atoms with Crippen LogP contribution in [-0.2, 0) is 71.5 Å². The van der Waals surface area contributed by atoms with Gasteiger partial charge >= 0.3 is 29.8 Å². The van der Waals surface area contributed by atoms with Gasteiger partial charge in [0.05, 0.1) is 0 Å². The lowest BCUT2D eigenvalue weighted by Crippen LogP contribution is -2.70. The van der Waals surface area contributed by atoms with E-state index < -0.39 is 122 Å². The van der Waals surface area contributed by atoms with Crippen molar-refractivity contribution < 1.29 is 81.7 Å². The lowest BCUT2D eigenvalue weighted by Gasteiger charge is -2.49. The fourth-order valence-corrected chi connectivity index (χ4v) is 4.82. The Hall–Kier alpha value is -3.91. The van der Waals surface area contributed by atoms with Crippen molar-refractivity contribution in [1.82, 2.24) is 10.6 Å². The number of nitrogens with one attached hydrogen (secondary N) is 2. The molecule has 0 spiro atoms. The Morgan fingerprint density at radius 1 is 0.674 bits per heavy atom. The van der Waals surface area contributed by atoms with Gasteiger partial charge in [-0.15, -0.1) is 0 Å². The van der Waals surface area contributed by atoms with Crippen LogP contribution in [0.2, 0.25) is 0 Å². The quantitative estimate of drug-likeness (QED) is 0.119. The summed E-state index contributed by atoms with van der Waals surface area (Å²) >= 11 is 0. The van der Waals surface area contributed by atoms with Gasteiger partial charge in [-0.25, -0.2) is 4.79 Å². The lowest BCUT2D eigenvalue weighted by atomic mass is 9.93. The molecule has 0 aliphatic carbocycles. The molecule has 0 aromatic carbocycles. The van der Waals surface area contributed by atoms with E-state index in [1.165, 1.54) is 6.92 Å². The number of amides is 2. The highest BCUT2D eigenvalue weighted by molar-refractivity contribution is 5.74. The number of rotatable bonds is 13. The first-order valence-electron chi connectivity index (χ1n) is 14.1. The van der Waals surface area contributed by atoms with Crippen molar-refractivity contribution in [1.29, 1.82) is 0 Å². The maximum Gasteiger partial charge on any atom is 0.332 e. The predicted octanol–water partition coefficient (Wildman–Crippen LogP) is -2.33. The Morgan fingerprint density at radius 2 is 1.15 bits per heavy atom. The van der Waals surface area contributed by atoms with Crippen molar-refractivity contribution in [3.63, 3.8) is 0 Å². The minimum atomic E-state index is -1.83. The number of carbonyl (C=O) groups excluding carboxylic acids is 6. The van der Waals surface area contributed by atoms with E-state index >= 15 is 0 Å². The van der Waals surface area contributed by atoms with Crippen LogP contribution in [0, 0.1) is 0 Å². The van der Waals surface area contributed by atoms with Crippen LogP contribution in [0.5, 0.6) is 0 Å². The Kier molecular flexibility index (Phi) is 14.3. The molecule has 0 bridgehead atoms. The highest BCUT2D eigenvalue weighted by Crippen LogP contribution is 2.33. The van der Waals surface area contributed by atoms with Gasteiger partial charge in [0.1, 0.15) is 49.7 Å². The number of aliphatic carboxylic acids is 1. The van der Waals surface area contributed by atoms with Crippen molar-refractivity contribution in [2.45, 2.75) is 116 Å². The third kappa shape index (κ3) is 11.2. The molecule has 2 saturated heterocycles. The van der Waals surface area contributed by atoms with E-state index in [9.17, 15) is 43.8 Å². The van der Waals surface area contributed by atoms with Crippen LogP contribution >= 0.6 is 0 Å². The molecule has 0 aromatic heterocycles. The summed E-state index contributed by atoms with van der Waals surface area (Å²) in [7, 11) is 0. The van der Waals surface area contributed by atoms with Gasteiger partial charge in [0.2, 0.25) is 11.8 Å². The van der Waals surface area contributed by atoms with Gasteiger partial charge in [-0.3, -0.25) is 28.8 Å². The topological polar surface area (TPSA) is 258 Å². The van der Waals surface area contributed by atoms with Crippen molar-refractivity contribution >= 4 is 41.7 Å². The SMILES string of the molecule is CC(=O)NC1C(OC(C)=O)[C@H](OC(C)=O)C(COC(C)=O)O[C@H]1O[C@@H]1C(COC(C)=O)O[C@H](O)C(NC(C)=O)C1O[C@H](C)C(=O)O. The molecule has 2 heterocycles. The smallest absolute Gasteiger partial charge is 0.332 e. The first kappa shape index (κ1) is 38.3. The highest BCUT2D eigenvalue weighted by Gasteiger charge is 2.55. The van der Waals surface area contributed by atoms with E-state index in [2.05, 4.69) is 10.6 Å². The van der Waals surface area contributed by atoms with Gasteiger partial charge in [-0.05, 0) is 6.92 Å². The summed E-state index contributed by atoms with van der Waals surface area (Å²) < 4.78 is 44.6. The molecule has 260 valence electrons. The highest BCUT2D eigenvalue weighted by atomic mass is 16.7. The largest absolute Gasteiger partial charge is 0.479 e. The minimum Gasteiger partial charge on any atom is -0.479 e. The molecule has 2 fully saturated rings. The third-order valence-electron chi connectivity index (χ3n) is 6.56. The standard InChI is InChI=1S/C27H40N2O17/c1-10(25(36)37)41-23-19(28-11(2)30)26(38)44-17(8-39-13(4)32)22(23)46-27-20(29-12(3)31)24(43-16(7)35)21(42-15(6)34)18(45-27)9-40-14(5)33/h10,17-24,26-27,38H,8-9H2,1-7H3,(H,28,30)(H,29,31)(H,36,37)/t10-,17?,18?,19?,20?,21-,22-,23?,24?,26+,27+/m1/s1. The summed E-state index contributed by atoms with van der Waals surface area (Å²) in [6.45, 7) is 6.54. The van der Waals surface area contributed by atoms with Gasteiger partial charge in [-0.1, -0.05) is 0 Å². The molecule has 11 atom stereocenters. The van der Waals surface area contributed by atoms with Crippen molar-refractivity contribution in [3.8, 4) is 0 Å². The van der Waals surface area contributed by atoms with Crippen molar-refractivity contribution in [3.05, 3.63) is 0 Å². The molecule has 0 radical (unpaired) electrons. The first-order valence-corrected chi connectivity index (χ1v) is 14.1. The molecular weight excluding hydrogens is 624 g/mol. The van der Waals surface area contributed by atoms with Gasteiger partial charge < -0.3 is 58.7 Å². The maximum atomic E-state index is 12.4. The van der Waals surface area contributed by atoms with Crippen LogP contribution in [0.1, 0.15) is 48.5 Å². The number of esters is 4. The Balaban J connectivity index is 2.71. The van der Waals surface area contributed by atoms with Gasteiger partial charge in [0.25, 0.3) is 0 Å². The molecule has 2 rings (SSSR count). The molecular formula is C27H40N2O17. The maximum absolute atomic E-state index is 12.4. The normalized spacial score (nSPS) is 31.4. The monoisotopic (exact) mass is 664 g/mol. The Morgan fingerprint density at radius 3 is 1.61 bits per heavy atom. The Labute approximate surface area is 263 Å². The van der Waals surface area contributed by atoms with Crippen LogP contribution in [-0.4, -0.2) is 132 Å². The number of hydrogen-bond donors (Lipinski definition) is 4. The van der Waals surface area contributed by atoms with E-state index in [0.717, 1.165) is 41.5 Å². The molecule has 2 amide bonds. The molecule has 19 heteroatoms. The minimum absolute atomic E-state index is 0.557. The number of aliphatic hydroxyl groups is 1. The molecule has 2 aliphatic rings. The number of ether oxygens (including phenoxy) is 8. The number of carbonyl (C=O) groups is 7. The van der Waals surface area contributed by atoms with Crippen LogP contribution in [0.15, 0.2) is 0 Å². The predicted molar refractivity (Wildman–Crippen MR) is 146 cm³/mol. The third-order valence-corrected chi connectivity index (χ3v) is 6.56. The average molecular weight is 665 g/mol. The van der Waals surface area contributed by atoms with Crippen LogP contribution in [0.4, 0.5) is 0 Å². The zero-order valence-corrected chi connectivity index (χ0v) is 26.3. The number of aliphatic hydroxyl groups excluding tert-OH is 1. The molecule has 6 unspecified atom stereocenters. The summed E-state index contributed by atoms with van der Waals surface area (Å²) in [5.41, 5.74) is 0. The van der Waals surface area contributed by atoms with E-state index in [1.54, 1.807) is 0 Å². The summed E-state index contributed by atoms with van der Waals surface area (Å²) in [4.78, 5) is 83.8. The molecule has 19 nitrogen and oxygen atoms in total. The zero-order valence-electron chi connectivity index (χ0n) is 26.3. The molecule has 0 saturated carbocycles. The molecule has 2 aliphatic heterocycles. The Bertz CT molecular complexity index is 1150. The molecule has 46 heavy (non-hydrogen) atoms.